The average Bonchev–Trinajstić information content (AvgIpc) is 2.77. The predicted octanol–water partition coefficient (Wildman–Crippen LogP) is 1.49. The molecule has 0 saturated carbocycles. The molecule has 0 bridgehead atoms. The van der Waals surface area contributed by atoms with Gasteiger partial charge in [0.1, 0.15) is 5.54 Å². The van der Waals surface area contributed by atoms with E-state index >= 15 is 0 Å². The van der Waals surface area contributed by atoms with Gasteiger partial charge >= 0.3 is 6.03 Å². The molecule has 2 aliphatic rings. The zero-order chi connectivity index (χ0) is 16.3. The largest absolute Gasteiger partial charge is 0.325 e. The number of hydrogen-bond donors (Lipinski definition) is 1. The Bertz CT molecular complexity index is 640. The summed E-state index contributed by atoms with van der Waals surface area (Å²) in [4.78, 5) is 28.2. The van der Waals surface area contributed by atoms with Crippen molar-refractivity contribution in [2.45, 2.75) is 31.3 Å². The van der Waals surface area contributed by atoms with Crippen molar-refractivity contribution in [3.8, 4) is 6.07 Å². The van der Waals surface area contributed by atoms with Crippen LogP contribution in [-0.4, -0.2) is 46.9 Å². The van der Waals surface area contributed by atoms with Crippen molar-refractivity contribution in [3.63, 3.8) is 0 Å². The molecule has 3 amide bonds. The van der Waals surface area contributed by atoms with E-state index in [9.17, 15) is 9.59 Å². The van der Waals surface area contributed by atoms with Crippen LogP contribution in [0.25, 0.3) is 0 Å². The summed E-state index contributed by atoms with van der Waals surface area (Å²) in [6.45, 7) is 2.37. The van der Waals surface area contributed by atoms with Crippen LogP contribution in [0, 0.1) is 11.3 Å². The summed E-state index contributed by atoms with van der Waals surface area (Å²) >= 11 is 0. The number of nitriles is 1. The van der Waals surface area contributed by atoms with Crippen LogP contribution in [0.4, 0.5) is 4.79 Å². The van der Waals surface area contributed by atoms with Gasteiger partial charge in [0.05, 0.1) is 12.5 Å². The third-order valence-electron chi connectivity index (χ3n) is 4.51. The minimum Gasteiger partial charge on any atom is -0.322 e. The Hall–Kier alpha value is -2.39. The van der Waals surface area contributed by atoms with E-state index in [1.807, 2.05) is 24.3 Å². The van der Waals surface area contributed by atoms with Crippen LogP contribution < -0.4 is 5.32 Å². The Kier molecular flexibility index (Phi) is 4.30. The molecular formula is C17H20N4O2. The second-order valence-electron chi connectivity index (χ2n) is 6.18. The number of imide groups is 1. The summed E-state index contributed by atoms with van der Waals surface area (Å²) in [6.07, 6.45) is 1.69. The molecule has 0 radical (unpaired) electrons. The molecule has 6 nitrogen and oxygen atoms in total. The van der Waals surface area contributed by atoms with E-state index in [1.165, 1.54) is 10.5 Å². The molecule has 1 atom stereocenters. The summed E-state index contributed by atoms with van der Waals surface area (Å²) < 4.78 is 0. The quantitative estimate of drug-likeness (QED) is 0.855. The normalized spacial score (nSPS) is 24.7. The fourth-order valence-electron chi connectivity index (χ4n) is 3.44. The van der Waals surface area contributed by atoms with E-state index in [-0.39, 0.29) is 24.9 Å². The fourth-order valence-corrected chi connectivity index (χ4v) is 3.44. The monoisotopic (exact) mass is 312 g/mol. The van der Waals surface area contributed by atoms with Crippen molar-refractivity contribution in [2.75, 3.05) is 19.6 Å². The van der Waals surface area contributed by atoms with Gasteiger partial charge in [-0.2, -0.15) is 5.26 Å². The molecule has 0 aliphatic carbocycles. The Morgan fingerprint density at radius 1 is 1.26 bits per heavy atom. The highest BCUT2D eigenvalue weighted by Gasteiger charge is 2.52. The standard InChI is InChI=1S/C17H20N4O2/c18-9-5-11-21-15(22)17(19-16(21)23)8-4-10-20(13-17)12-14-6-2-1-3-7-14/h1-3,6-7H,4-5,8,10-13H2,(H,19,23)/t17-/m0/s1. The van der Waals surface area contributed by atoms with Gasteiger partial charge in [0, 0.05) is 19.6 Å². The lowest BCUT2D eigenvalue weighted by atomic mass is 9.88. The Balaban J connectivity index is 1.71. The maximum absolute atomic E-state index is 12.7. The number of nitrogens with one attached hydrogen (secondary N) is 1. The number of rotatable bonds is 4. The molecule has 2 fully saturated rings. The molecular weight excluding hydrogens is 292 g/mol. The lowest BCUT2D eigenvalue weighted by molar-refractivity contribution is -0.133. The van der Waals surface area contributed by atoms with Crippen molar-refractivity contribution in [3.05, 3.63) is 35.9 Å². The summed E-state index contributed by atoms with van der Waals surface area (Å²) in [5.74, 6) is -0.185. The van der Waals surface area contributed by atoms with Gasteiger partial charge in [0.2, 0.25) is 0 Å². The van der Waals surface area contributed by atoms with Crippen LogP contribution in [0.3, 0.4) is 0 Å². The van der Waals surface area contributed by atoms with Crippen molar-refractivity contribution in [1.29, 1.82) is 5.26 Å². The molecule has 0 unspecified atom stereocenters. The molecule has 2 saturated heterocycles. The van der Waals surface area contributed by atoms with Crippen molar-refractivity contribution in [2.24, 2.45) is 0 Å². The van der Waals surface area contributed by atoms with E-state index in [2.05, 4.69) is 22.3 Å². The minimum atomic E-state index is -0.820. The van der Waals surface area contributed by atoms with Crippen LogP contribution in [-0.2, 0) is 11.3 Å². The number of likely N-dealkylation sites (tertiary alicyclic amines) is 1. The zero-order valence-electron chi connectivity index (χ0n) is 13.0. The molecule has 2 aliphatic heterocycles. The van der Waals surface area contributed by atoms with E-state index in [4.69, 9.17) is 5.26 Å². The number of nitrogens with zero attached hydrogens (tertiary/aromatic N) is 3. The number of benzene rings is 1. The van der Waals surface area contributed by atoms with Crippen LogP contribution in [0.5, 0.6) is 0 Å². The topological polar surface area (TPSA) is 76.4 Å². The van der Waals surface area contributed by atoms with Crippen molar-refractivity contribution in [1.82, 2.24) is 15.1 Å². The fraction of sp³-hybridized carbons (Fsp3) is 0.471. The smallest absolute Gasteiger partial charge is 0.322 e. The van der Waals surface area contributed by atoms with Gasteiger partial charge in [-0.1, -0.05) is 30.3 Å². The van der Waals surface area contributed by atoms with Gasteiger partial charge in [0.15, 0.2) is 0 Å². The number of carbonyl (C=O) groups excluding carboxylic acids is 2. The summed E-state index contributed by atoms with van der Waals surface area (Å²) in [5.41, 5.74) is 0.377. The first kappa shape index (κ1) is 15.5. The van der Waals surface area contributed by atoms with E-state index < -0.39 is 5.54 Å². The molecule has 1 spiro atoms. The highest BCUT2D eigenvalue weighted by molar-refractivity contribution is 6.07. The molecule has 23 heavy (non-hydrogen) atoms. The average molecular weight is 312 g/mol. The third kappa shape index (κ3) is 3.06. The summed E-state index contributed by atoms with van der Waals surface area (Å²) in [7, 11) is 0. The molecule has 120 valence electrons. The van der Waals surface area contributed by atoms with Gasteiger partial charge in [-0.05, 0) is 24.9 Å². The number of piperidine rings is 1. The molecule has 0 aromatic heterocycles. The second-order valence-corrected chi connectivity index (χ2v) is 6.18. The highest BCUT2D eigenvalue weighted by atomic mass is 16.2. The van der Waals surface area contributed by atoms with Crippen LogP contribution >= 0.6 is 0 Å². The molecule has 3 rings (SSSR count). The van der Waals surface area contributed by atoms with Crippen LogP contribution in [0.2, 0.25) is 0 Å². The Morgan fingerprint density at radius 2 is 2.04 bits per heavy atom. The Labute approximate surface area is 135 Å². The maximum Gasteiger partial charge on any atom is 0.325 e. The number of urea groups is 1. The highest BCUT2D eigenvalue weighted by Crippen LogP contribution is 2.29. The molecule has 6 heteroatoms. The number of amides is 3. The van der Waals surface area contributed by atoms with E-state index in [1.54, 1.807) is 0 Å². The number of carbonyl (C=O) groups is 2. The van der Waals surface area contributed by atoms with Gasteiger partial charge in [-0.15, -0.1) is 0 Å². The summed E-state index contributed by atoms with van der Waals surface area (Å²) in [6, 6.07) is 11.7. The second kappa shape index (κ2) is 6.39. The predicted molar refractivity (Wildman–Crippen MR) is 84.2 cm³/mol. The SMILES string of the molecule is N#CCCN1C(=O)N[C@]2(CCCN(Cc3ccccc3)C2)C1=O. The van der Waals surface area contributed by atoms with Crippen molar-refractivity contribution < 1.29 is 9.59 Å². The zero-order valence-corrected chi connectivity index (χ0v) is 13.0. The molecule has 1 aromatic rings. The lowest BCUT2D eigenvalue weighted by Crippen LogP contribution is -2.58. The summed E-state index contributed by atoms with van der Waals surface area (Å²) in [5, 5.41) is 11.6. The third-order valence-corrected chi connectivity index (χ3v) is 4.51. The van der Waals surface area contributed by atoms with E-state index in [0.717, 1.165) is 19.5 Å². The van der Waals surface area contributed by atoms with Crippen molar-refractivity contribution >= 4 is 11.9 Å². The lowest BCUT2D eigenvalue weighted by Gasteiger charge is -2.38. The first-order valence-corrected chi connectivity index (χ1v) is 7.92. The molecule has 1 aromatic carbocycles. The minimum absolute atomic E-state index is 0.168. The van der Waals surface area contributed by atoms with Crippen LogP contribution in [0.15, 0.2) is 30.3 Å². The van der Waals surface area contributed by atoms with Crippen LogP contribution in [0.1, 0.15) is 24.8 Å². The van der Waals surface area contributed by atoms with E-state index in [0.29, 0.717) is 13.0 Å². The van der Waals surface area contributed by atoms with Gasteiger partial charge in [-0.25, -0.2) is 4.79 Å². The first-order valence-electron chi connectivity index (χ1n) is 7.92. The molecule has 1 N–H and O–H groups in total. The Morgan fingerprint density at radius 3 is 2.78 bits per heavy atom. The first-order chi connectivity index (χ1) is 11.1. The van der Waals surface area contributed by atoms with Gasteiger partial charge in [-0.3, -0.25) is 14.6 Å². The number of hydrogen-bond acceptors (Lipinski definition) is 4. The maximum atomic E-state index is 12.7. The molecule has 2 heterocycles. The van der Waals surface area contributed by atoms with Gasteiger partial charge in [0.25, 0.3) is 5.91 Å². The van der Waals surface area contributed by atoms with Gasteiger partial charge < -0.3 is 5.32 Å².